The molecule has 10 nitrogen and oxygen atoms in total. The Balaban J connectivity index is 1.99. The molecule has 138 valence electrons. The van der Waals surface area contributed by atoms with E-state index in [1.54, 1.807) is 24.3 Å². The van der Waals surface area contributed by atoms with Gasteiger partial charge in [-0.2, -0.15) is 0 Å². The van der Waals surface area contributed by atoms with Gasteiger partial charge in [-0.1, -0.05) is 0 Å². The summed E-state index contributed by atoms with van der Waals surface area (Å²) in [6.45, 7) is 1.26. The third-order valence-electron chi connectivity index (χ3n) is 3.50. The molecular formula is C16H20N6O4. The van der Waals surface area contributed by atoms with Crippen molar-refractivity contribution in [3.8, 4) is 0 Å². The molecule has 0 atom stereocenters. The third-order valence-corrected chi connectivity index (χ3v) is 3.50. The zero-order valence-corrected chi connectivity index (χ0v) is 14.7. The van der Waals surface area contributed by atoms with Gasteiger partial charge in [0.1, 0.15) is 6.20 Å². The van der Waals surface area contributed by atoms with Gasteiger partial charge in [-0.3, -0.25) is 9.59 Å². The Morgan fingerprint density at radius 3 is 2.42 bits per heavy atom. The second-order valence-corrected chi connectivity index (χ2v) is 5.88. The number of nitrogens with zero attached hydrogens (tertiary/aromatic N) is 4. The summed E-state index contributed by atoms with van der Waals surface area (Å²) in [6.07, 6.45) is 1.16. The Labute approximate surface area is 150 Å². The number of benzene rings is 1. The minimum absolute atomic E-state index is 0.0813. The predicted molar refractivity (Wildman–Crippen MR) is 95.1 cm³/mol. The van der Waals surface area contributed by atoms with Gasteiger partial charge in [0.25, 0.3) is 5.91 Å². The molecule has 0 radical (unpaired) electrons. The van der Waals surface area contributed by atoms with Crippen molar-refractivity contribution in [1.29, 1.82) is 0 Å². The van der Waals surface area contributed by atoms with E-state index in [1.807, 2.05) is 19.0 Å². The van der Waals surface area contributed by atoms with Gasteiger partial charge < -0.3 is 30.2 Å². The third kappa shape index (κ3) is 4.86. The summed E-state index contributed by atoms with van der Waals surface area (Å²) >= 11 is 0. The average Bonchev–Trinajstić information content (AvgIpc) is 2.97. The monoisotopic (exact) mass is 360 g/mol. The Hall–Kier alpha value is -3.27. The summed E-state index contributed by atoms with van der Waals surface area (Å²) in [5.41, 5.74) is 0.917. The van der Waals surface area contributed by atoms with Crippen LogP contribution in [0.3, 0.4) is 0 Å². The number of imidazole rings is 1. The number of amides is 2. The second kappa shape index (κ2) is 8.21. The number of rotatable bonds is 7. The first-order valence-corrected chi connectivity index (χ1v) is 7.80. The van der Waals surface area contributed by atoms with E-state index < -0.39 is 16.6 Å². The lowest BCUT2D eigenvalue weighted by molar-refractivity contribution is -0.389. The van der Waals surface area contributed by atoms with E-state index in [1.165, 1.54) is 11.6 Å². The van der Waals surface area contributed by atoms with Crippen molar-refractivity contribution in [2.24, 2.45) is 7.05 Å². The zero-order chi connectivity index (χ0) is 19.3. The van der Waals surface area contributed by atoms with E-state index >= 15 is 0 Å². The molecule has 1 heterocycles. The first kappa shape index (κ1) is 19.1. The molecule has 0 aliphatic rings. The molecule has 0 saturated carbocycles. The molecule has 0 unspecified atom stereocenters. The van der Waals surface area contributed by atoms with Crippen molar-refractivity contribution in [1.82, 2.24) is 19.8 Å². The Morgan fingerprint density at radius 2 is 1.88 bits per heavy atom. The van der Waals surface area contributed by atoms with Crippen LogP contribution in [0.5, 0.6) is 0 Å². The number of nitrogens with one attached hydrogen (secondary N) is 2. The van der Waals surface area contributed by atoms with E-state index in [2.05, 4.69) is 15.6 Å². The molecule has 2 amide bonds. The van der Waals surface area contributed by atoms with E-state index in [-0.39, 0.29) is 11.7 Å². The first-order chi connectivity index (χ1) is 12.3. The van der Waals surface area contributed by atoms with Crippen LogP contribution in [-0.2, 0) is 7.05 Å². The van der Waals surface area contributed by atoms with Gasteiger partial charge in [0.05, 0.1) is 0 Å². The number of hydrogen-bond donors (Lipinski definition) is 2. The van der Waals surface area contributed by atoms with E-state index in [9.17, 15) is 19.7 Å². The molecule has 1 aromatic heterocycles. The van der Waals surface area contributed by atoms with Crippen LogP contribution in [0, 0.1) is 10.1 Å². The molecule has 0 aliphatic heterocycles. The molecule has 0 saturated heterocycles. The number of anilines is 1. The van der Waals surface area contributed by atoms with Crippen LogP contribution < -0.4 is 10.6 Å². The van der Waals surface area contributed by atoms with Crippen LogP contribution in [0.4, 0.5) is 11.5 Å². The van der Waals surface area contributed by atoms with Gasteiger partial charge in [0, 0.05) is 31.4 Å². The second-order valence-electron chi connectivity index (χ2n) is 5.88. The van der Waals surface area contributed by atoms with Gasteiger partial charge in [-0.25, -0.2) is 0 Å². The van der Waals surface area contributed by atoms with Crippen LogP contribution in [0.2, 0.25) is 0 Å². The SMILES string of the molecule is CN(C)CCNC(=O)c1ccc(NC(=O)c2nc([N+](=O)[O-])cn2C)cc1. The van der Waals surface area contributed by atoms with Gasteiger partial charge in [-0.15, -0.1) is 0 Å². The van der Waals surface area contributed by atoms with Gasteiger partial charge in [0.15, 0.2) is 0 Å². The number of carbonyl (C=O) groups is 2. The van der Waals surface area contributed by atoms with Gasteiger partial charge >= 0.3 is 17.5 Å². The maximum atomic E-state index is 12.2. The highest BCUT2D eigenvalue weighted by molar-refractivity contribution is 6.02. The molecule has 2 aromatic rings. The number of carbonyl (C=O) groups excluding carboxylic acids is 2. The lowest BCUT2D eigenvalue weighted by Gasteiger charge is -2.10. The van der Waals surface area contributed by atoms with E-state index in [4.69, 9.17) is 0 Å². The minimum Gasteiger partial charge on any atom is -0.358 e. The fourth-order valence-electron chi connectivity index (χ4n) is 2.14. The fraction of sp³-hybridized carbons (Fsp3) is 0.312. The zero-order valence-electron chi connectivity index (χ0n) is 14.7. The topological polar surface area (TPSA) is 122 Å². The molecule has 2 N–H and O–H groups in total. The van der Waals surface area contributed by atoms with Crippen molar-refractivity contribution >= 4 is 23.3 Å². The molecule has 0 spiro atoms. The number of likely N-dealkylation sites (N-methyl/N-ethyl adjacent to an activating group) is 1. The summed E-state index contributed by atoms with van der Waals surface area (Å²) < 4.78 is 1.28. The summed E-state index contributed by atoms with van der Waals surface area (Å²) in [5.74, 6) is -1.27. The summed E-state index contributed by atoms with van der Waals surface area (Å²) in [5, 5.41) is 16.1. The molecule has 1 aromatic carbocycles. The quantitative estimate of drug-likeness (QED) is 0.558. The van der Waals surface area contributed by atoms with Crippen molar-refractivity contribution in [3.63, 3.8) is 0 Å². The molecule has 2 rings (SSSR count). The van der Waals surface area contributed by atoms with Crippen molar-refractivity contribution in [2.75, 3.05) is 32.5 Å². The molecule has 26 heavy (non-hydrogen) atoms. The summed E-state index contributed by atoms with van der Waals surface area (Å²) in [4.78, 5) is 39.9. The summed E-state index contributed by atoms with van der Waals surface area (Å²) in [7, 11) is 5.33. The van der Waals surface area contributed by atoms with Crippen molar-refractivity contribution < 1.29 is 14.5 Å². The summed E-state index contributed by atoms with van der Waals surface area (Å²) in [6, 6.07) is 6.33. The Morgan fingerprint density at radius 1 is 1.23 bits per heavy atom. The fourth-order valence-corrected chi connectivity index (χ4v) is 2.14. The predicted octanol–water partition coefficient (Wildman–Crippen LogP) is 0.872. The number of hydrogen-bond acceptors (Lipinski definition) is 6. The Bertz CT molecular complexity index is 813. The Kier molecular flexibility index (Phi) is 6.02. The van der Waals surface area contributed by atoms with Crippen LogP contribution in [0.15, 0.2) is 30.5 Å². The highest BCUT2D eigenvalue weighted by Gasteiger charge is 2.23. The lowest BCUT2D eigenvalue weighted by Crippen LogP contribution is -2.31. The lowest BCUT2D eigenvalue weighted by atomic mass is 10.2. The number of aryl methyl sites for hydroxylation is 1. The van der Waals surface area contributed by atoms with Crippen LogP contribution in [-0.4, -0.2) is 58.4 Å². The van der Waals surface area contributed by atoms with Crippen molar-refractivity contribution in [2.45, 2.75) is 0 Å². The molecule has 0 aliphatic carbocycles. The van der Waals surface area contributed by atoms with Gasteiger partial charge in [-0.05, 0) is 48.3 Å². The largest absolute Gasteiger partial charge is 0.382 e. The van der Waals surface area contributed by atoms with Gasteiger partial charge in [0.2, 0.25) is 0 Å². The van der Waals surface area contributed by atoms with Crippen LogP contribution >= 0.6 is 0 Å². The van der Waals surface area contributed by atoms with E-state index in [0.29, 0.717) is 17.8 Å². The molecular weight excluding hydrogens is 340 g/mol. The molecule has 0 bridgehead atoms. The van der Waals surface area contributed by atoms with Crippen LogP contribution in [0.25, 0.3) is 0 Å². The maximum Gasteiger partial charge on any atom is 0.382 e. The maximum absolute atomic E-state index is 12.2. The molecule has 0 fully saturated rings. The molecule has 10 heteroatoms. The smallest absolute Gasteiger partial charge is 0.358 e. The van der Waals surface area contributed by atoms with E-state index in [0.717, 1.165) is 12.7 Å². The first-order valence-electron chi connectivity index (χ1n) is 7.80. The number of aromatic nitrogens is 2. The highest BCUT2D eigenvalue weighted by atomic mass is 16.6. The van der Waals surface area contributed by atoms with Crippen LogP contribution in [0.1, 0.15) is 21.0 Å². The average molecular weight is 360 g/mol. The standard InChI is InChI=1S/C16H20N6O4/c1-20(2)9-8-17-15(23)11-4-6-12(7-5-11)18-16(24)14-19-13(22(25)26)10-21(14)3/h4-7,10H,8-9H2,1-3H3,(H,17,23)(H,18,24). The van der Waals surface area contributed by atoms with Crippen molar-refractivity contribution in [3.05, 3.63) is 52.0 Å². The number of nitro groups is 1. The normalized spacial score (nSPS) is 10.6. The highest BCUT2D eigenvalue weighted by Crippen LogP contribution is 2.13. The minimum atomic E-state index is -0.666.